The van der Waals surface area contributed by atoms with Crippen LogP contribution in [0, 0.1) is 6.92 Å². The molecular formula is C9H11NO. The minimum Gasteiger partial charge on any atom is -0.318 e. The highest BCUT2D eigenvalue weighted by Gasteiger charge is 2.04. The van der Waals surface area contributed by atoms with Gasteiger partial charge in [-0.1, -0.05) is 24.3 Å². The zero-order valence-electron chi connectivity index (χ0n) is 6.45. The number of benzene rings is 1. The number of rotatable bonds is 2. The number of carbonyl (C=O) groups excluding carboxylic acids is 1. The molecule has 0 radical (unpaired) electrons. The fourth-order valence-electron chi connectivity index (χ4n) is 1.03. The minimum atomic E-state index is -0.476. The third-order valence-electron chi connectivity index (χ3n) is 1.69. The van der Waals surface area contributed by atoms with E-state index in [4.69, 9.17) is 5.73 Å². The molecule has 0 aliphatic carbocycles. The molecule has 0 bridgehead atoms. The van der Waals surface area contributed by atoms with Gasteiger partial charge in [0.25, 0.3) is 0 Å². The normalized spacial score (nSPS) is 12.5. The molecule has 0 spiro atoms. The average Bonchev–Trinajstić information content (AvgIpc) is 2.04. The predicted molar refractivity (Wildman–Crippen MR) is 44.2 cm³/mol. The first-order valence-electron chi connectivity index (χ1n) is 3.52. The molecule has 11 heavy (non-hydrogen) atoms. The van der Waals surface area contributed by atoms with Crippen molar-refractivity contribution in [1.82, 2.24) is 0 Å². The summed E-state index contributed by atoms with van der Waals surface area (Å²) in [5.74, 6) is 0. The van der Waals surface area contributed by atoms with Crippen molar-refractivity contribution in [3.63, 3.8) is 0 Å². The third-order valence-corrected chi connectivity index (χ3v) is 1.69. The number of hydrogen-bond acceptors (Lipinski definition) is 2. The lowest BCUT2D eigenvalue weighted by Gasteiger charge is -2.06. The van der Waals surface area contributed by atoms with Crippen LogP contribution in [0.5, 0.6) is 0 Å². The van der Waals surface area contributed by atoms with Crippen LogP contribution in [0.4, 0.5) is 0 Å². The smallest absolute Gasteiger partial charge is 0.141 e. The quantitative estimate of drug-likeness (QED) is 0.642. The summed E-state index contributed by atoms with van der Waals surface area (Å²) in [5, 5.41) is 0. The molecule has 0 fully saturated rings. The van der Waals surface area contributed by atoms with E-state index in [1.165, 1.54) is 0 Å². The first-order valence-corrected chi connectivity index (χ1v) is 3.52. The molecule has 1 atom stereocenters. The van der Waals surface area contributed by atoms with Crippen molar-refractivity contribution in [3.05, 3.63) is 35.4 Å². The second kappa shape index (κ2) is 3.30. The van der Waals surface area contributed by atoms with Crippen LogP contribution in [-0.4, -0.2) is 6.29 Å². The monoisotopic (exact) mass is 149 g/mol. The Morgan fingerprint density at radius 2 is 2.09 bits per heavy atom. The summed E-state index contributed by atoms with van der Waals surface area (Å²) in [6.07, 6.45) is 0.752. The molecule has 0 amide bonds. The Kier molecular flexibility index (Phi) is 2.39. The van der Waals surface area contributed by atoms with Crippen LogP contribution in [0.25, 0.3) is 0 Å². The highest BCUT2D eigenvalue weighted by molar-refractivity contribution is 5.61. The molecule has 0 saturated carbocycles. The van der Waals surface area contributed by atoms with E-state index in [1.807, 2.05) is 31.2 Å². The predicted octanol–water partition coefficient (Wildman–Crippen LogP) is 1.19. The molecule has 1 rings (SSSR count). The third kappa shape index (κ3) is 1.65. The molecule has 58 valence electrons. The van der Waals surface area contributed by atoms with Gasteiger partial charge in [-0.2, -0.15) is 0 Å². The second-order valence-corrected chi connectivity index (χ2v) is 2.52. The lowest BCUT2D eigenvalue weighted by molar-refractivity contribution is -0.109. The Hall–Kier alpha value is -1.15. The van der Waals surface area contributed by atoms with E-state index >= 15 is 0 Å². The Bertz CT molecular complexity index is 257. The van der Waals surface area contributed by atoms with E-state index in [9.17, 15) is 4.79 Å². The summed E-state index contributed by atoms with van der Waals surface area (Å²) < 4.78 is 0. The molecule has 0 aliphatic heterocycles. The highest BCUT2D eigenvalue weighted by Crippen LogP contribution is 2.12. The zero-order valence-corrected chi connectivity index (χ0v) is 6.45. The summed E-state index contributed by atoms with van der Waals surface area (Å²) in [6, 6.07) is 7.14. The molecule has 2 N–H and O–H groups in total. The van der Waals surface area contributed by atoms with Gasteiger partial charge in [0.05, 0.1) is 6.04 Å². The molecule has 0 aliphatic rings. The van der Waals surface area contributed by atoms with Crippen LogP contribution in [-0.2, 0) is 4.79 Å². The summed E-state index contributed by atoms with van der Waals surface area (Å²) in [5.41, 5.74) is 7.49. The van der Waals surface area contributed by atoms with Crippen molar-refractivity contribution in [3.8, 4) is 0 Å². The van der Waals surface area contributed by atoms with Crippen LogP contribution in [0.2, 0.25) is 0 Å². The maximum Gasteiger partial charge on any atom is 0.141 e. The molecule has 1 unspecified atom stereocenters. The van der Waals surface area contributed by atoms with Crippen molar-refractivity contribution in [2.75, 3.05) is 0 Å². The molecule has 1 aromatic carbocycles. The second-order valence-electron chi connectivity index (χ2n) is 2.52. The van der Waals surface area contributed by atoms with Gasteiger partial charge in [0, 0.05) is 0 Å². The molecule has 0 heterocycles. The lowest BCUT2D eigenvalue weighted by Crippen LogP contribution is -2.12. The van der Waals surface area contributed by atoms with Gasteiger partial charge in [-0.25, -0.2) is 0 Å². The van der Waals surface area contributed by atoms with Gasteiger partial charge in [0.15, 0.2) is 0 Å². The first kappa shape index (κ1) is 7.95. The van der Waals surface area contributed by atoms with Gasteiger partial charge >= 0.3 is 0 Å². The number of carbonyl (C=O) groups is 1. The molecule has 0 aromatic heterocycles. The van der Waals surface area contributed by atoms with E-state index < -0.39 is 6.04 Å². The topological polar surface area (TPSA) is 43.1 Å². The fraction of sp³-hybridized carbons (Fsp3) is 0.222. The Morgan fingerprint density at radius 3 is 2.64 bits per heavy atom. The van der Waals surface area contributed by atoms with Crippen molar-refractivity contribution in [2.45, 2.75) is 13.0 Å². The lowest BCUT2D eigenvalue weighted by atomic mass is 10.0. The molecule has 2 heteroatoms. The number of hydrogen-bond donors (Lipinski definition) is 1. The standard InChI is InChI=1S/C9H11NO/c1-7-4-2-3-5-8(7)9(10)6-11/h2-6,9H,10H2,1H3. The van der Waals surface area contributed by atoms with Gasteiger partial charge < -0.3 is 10.5 Å². The fourth-order valence-corrected chi connectivity index (χ4v) is 1.03. The number of nitrogens with two attached hydrogens (primary N) is 1. The Morgan fingerprint density at radius 1 is 1.45 bits per heavy atom. The van der Waals surface area contributed by atoms with Crippen LogP contribution in [0.15, 0.2) is 24.3 Å². The van der Waals surface area contributed by atoms with Crippen molar-refractivity contribution < 1.29 is 4.79 Å². The molecule has 2 nitrogen and oxygen atoms in total. The van der Waals surface area contributed by atoms with Crippen LogP contribution in [0.1, 0.15) is 17.2 Å². The zero-order chi connectivity index (χ0) is 8.27. The largest absolute Gasteiger partial charge is 0.318 e. The SMILES string of the molecule is Cc1ccccc1C(N)C=O. The van der Waals surface area contributed by atoms with Gasteiger partial charge in [-0.15, -0.1) is 0 Å². The minimum absolute atomic E-state index is 0.476. The molecule has 1 aromatic rings. The van der Waals surface area contributed by atoms with Crippen LogP contribution < -0.4 is 5.73 Å². The van der Waals surface area contributed by atoms with Crippen molar-refractivity contribution >= 4 is 6.29 Å². The van der Waals surface area contributed by atoms with E-state index in [-0.39, 0.29) is 0 Å². The van der Waals surface area contributed by atoms with Gasteiger partial charge in [-0.05, 0) is 18.1 Å². The van der Waals surface area contributed by atoms with E-state index in [2.05, 4.69) is 0 Å². The molecular weight excluding hydrogens is 138 g/mol. The summed E-state index contributed by atoms with van der Waals surface area (Å²) in [4.78, 5) is 10.3. The molecule has 0 saturated heterocycles. The number of aryl methyl sites for hydroxylation is 1. The van der Waals surface area contributed by atoms with Crippen LogP contribution in [0.3, 0.4) is 0 Å². The summed E-state index contributed by atoms with van der Waals surface area (Å²) >= 11 is 0. The van der Waals surface area contributed by atoms with E-state index in [0.29, 0.717) is 0 Å². The summed E-state index contributed by atoms with van der Waals surface area (Å²) in [6.45, 7) is 1.94. The van der Waals surface area contributed by atoms with Crippen LogP contribution >= 0.6 is 0 Å². The van der Waals surface area contributed by atoms with Crippen molar-refractivity contribution in [2.24, 2.45) is 5.73 Å². The Balaban J connectivity index is 3.02. The number of aldehydes is 1. The summed E-state index contributed by atoms with van der Waals surface area (Å²) in [7, 11) is 0. The van der Waals surface area contributed by atoms with E-state index in [1.54, 1.807) is 0 Å². The van der Waals surface area contributed by atoms with Gasteiger partial charge in [0.2, 0.25) is 0 Å². The average molecular weight is 149 g/mol. The van der Waals surface area contributed by atoms with Crippen molar-refractivity contribution in [1.29, 1.82) is 0 Å². The van der Waals surface area contributed by atoms with Gasteiger partial charge in [0.1, 0.15) is 6.29 Å². The maximum atomic E-state index is 10.3. The van der Waals surface area contributed by atoms with E-state index in [0.717, 1.165) is 17.4 Å². The first-order chi connectivity index (χ1) is 5.25. The maximum absolute atomic E-state index is 10.3. The highest BCUT2D eigenvalue weighted by atomic mass is 16.1. The van der Waals surface area contributed by atoms with Gasteiger partial charge in [-0.3, -0.25) is 0 Å². The Labute approximate surface area is 66.0 Å².